The first kappa shape index (κ1) is 29.1. The third-order valence-electron chi connectivity index (χ3n) is 8.59. The first-order valence-corrected chi connectivity index (χ1v) is 14.9. The number of alkyl halides is 3. The van der Waals surface area contributed by atoms with Crippen LogP contribution in [0, 0.1) is 17.8 Å². The highest BCUT2D eigenvalue weighted by Gasteiger charge is 2.41. The zero-order chi connectivity index (χ0) is 28.8. The number of pyridine rings is 1. The van der Waals surface area contributed by atoms with Crippen molar-refractivity contribution in [1.29, 1.82) is 0 Å². The largest absolute Gasteiger partial charge is 0.437 e. The highest BCUT2D eigenvalue weighted by Crippen LogP contribution is 2.35. The van der Waals surface area contributed by atoms with Gasteiger partial charge in [0.2, 0.25) is 5.76 Å². The third kappa shape index (κ3) is 7.89. The van der Waals surface area contributed by atoms with E-state index >= 15 is 0 Å². The smallest absolute Gasteiger partial charge is 0.435 e. The molecule has 5 rings (SSSR count). The Labute approximate surface area is 239 Å². The third-order valence-corrected chi connectivity index (χ3v) is 8.59. The molecule has 6 nitrogen and oxygen atoms in total. The van der Waals surface area contributed by atoms with E-state index in [1.54, 1.807) is 12.1 Å². The summed E-state index contributed by atoms with van der Waals surface area (Å²) in [6, 6.07) is 14.0. The maximum Gasteiger partial charge on any atom is 0.437 e. The Hall–Kier alpha value is -3.36. The van der Waals surface area contributed by atoms with Crippen molar-refractivity contribution in [3.8, 4) is 0 Å². The van der Waals surface area contributed by atoms with Gasteiger partial charge in [0.25, 0.3) is 5.91 Å². The van der Waals surface area contributed by atoms with Crippen LogP contribution in [0.2, 0.25) is 0 Å². The van der Waals surface area contributed by atoms with Crippen LogP contribution in [0.25, 0.3) is 0 Å². The van der Waals surface area contributed by atoms with Crippen LogP contribution in [-0.4, -0.2) is 29.0 Å². The number of benzene rings is 1. The van der Waals surface area contributed by atoms with Crippen molar-refractivity contribution in [3.63, 3.8) is 0 Å². The van der Waals surface area contributed by atoms with E-state index in [0.717, 1.165) is 57.4 Å². The summed E-state index contributed by atoms with van der Waals surface area (Å²) in [6.45, 7) is 4.00. The lowest BCUT2D eigenvalue weighted by Crippen LogP contribution is -2.34. The van der Waals surface area contributed by atoms with Gasteiger partial charge in [0, 0.05) is 19.5 Å². The van der Waals surface area contributed by atoms with Crippen LogP contribution in [0.15, 0.2) is 53.1 Å². The summed E-state index contributed by atoms with van der Waals surface area (Å²) in [7, 11) is 0. The van der Waals surface area contributed by atoms with Crippen molar-refractivity contribution in [2.75, 3.05) is 23.3 Å². The van der Waals surface area contributed by atoms with E-state index in [4.69, 9.17) is 4.42 Å². The number of amides is 1. The number of rotatable bonds is 9. The Balaban J connectivity index is 1.15. The van der Waals surface area contributed by atoms with Gasteiger partial charge in [-0.1, -0.05) is 56.5 Å². The van der Waals surface area contributed by atoms with Gasteiger partial charge < -0.3 is 14.6 Å². The maximum atomic E-state index is 13.7. The first-order chi connectivity index (χ1) is 19.7. The van der Waals surface area contributed by atoms with Crippen LogP contribution in [-0.2, 0) is 19.0 Å². The molecule has 2 atom stereocenters. The molecule has 1 aliphatic carbocycles. The number of oxazole rings is 1. The van der Waals surface area contributed by atoms with E-state index < -0.39 is 23.5 Å². The number of carbonyl (C=O) groups excluding carboxylic acids is 1. The van der Waals surface area contributed by atoms with Crippen molar-refractivity contribution in [3.05, 3.63) is 71.6 Å². The maximum absolute atomic E-state index is 13.7. The van der Waals surface area contributed by atoms with Crippen molar-refractivity contribution >= 4 is 17.4 Å². The number of anilines is 2. The lowest BCUT2D eigenvalue weighted by Gasteiger charge is -2.33. The zero-order valence-corrected chi connectivity index (χ0v) is 23.6. The van der Waals surface area contributed by atoms with Gasteiger partial charge in [-0.2, -0.15) is 13.2 Å². The summed E-state index contributed by atoms with van der Waals surface area (Å²) < 4.78 is 46.5. The number of aryl methyl sites for hydroxylation is 2. The molecule has 0 bridgehead atoms. The summed E-state index contributed by atoms with van der Waals surface area (Å²) in [4.78, 5) is 23.2. The second kappa shape index (κ2) is 13.1. The number of hydrogen-bond donors (Lipinski definition) is 1. The molecule has 3 heterocycles. The lowest BCUT2D eigenvalue weighted by molar-refractivity contribution is -0.141. The van der Waals surface area contributed by atoms with Gasteiger partial charge in [0.15, 0.2) is 11.6 Å². The summed E-state index contributed by atoms with van der Waals surface area (Å²) in [6.07, 6.45) is 6.57. The molecule has 41 heavy (non-hydrogen) atoms. The standard InChI is InChI=1S/C32H39F3N4O2/c1-22-6-5-9-25(20-22)12-15-28-38-30(32(33,34)35)29(41-28)31(40)37-26-13-14-27(36-21-26)39-18-16-24(17-19-39)11-10-23-7-3-2-4-8-23/h2-4,7-8,13-14,21-22,24-25H,5-6,9-12,15-20H2,1H3,(H,37,40). The van der Waals surface area contributed by atoms with Crippen LogP contribution >= 0.6 is 0 Å². The molecule has 2 fully saturated rings. The van der Waals surface area contributed by atoms with Gasteiger partial charge in [0.05, 0.1) is 11.9 Å². The second-order valence-corrected chi connectivity index (χ2v) is 11.8. The number of hydrogen-bond acceptors (Lipinski definition) is 5. The number of halogens is 3. The lowest BCUT2D eigenvalue weighted by atomic mass is 9.80. The fraction of sp³-hybridized carbons (Fsp3) is 0.531. The molecule has 2 aromatic heterocycles. The minimum absolute atomic E-state index is 0.0404. The van der Waals surface area contributed by atoms with E-state index in [2.05, 4.69) is 51.4 Å². The van der Waals surface area contributed by atoms with Gasteiger partial charge >= 0.3 is 6.18 Å². The van der Waals surface area contributed by atoms with Crippen LogP contribution in [0.3, 0.4) is 0 Å². The topological polar surface area (TPSA) is 71.3 Å². The van der Waals surface area contributed by atoms with Gasteiger partial charge in [-0.25, -0.2) is 9.97 Å². The van der Waals surface area contributed by atoms with Crippen LogP contribution < -0.4 is 10.2 Å². The molecule has 1 saturated heterocycles. The Morgan fingerprint density at radius 2 is 1.76 bits per heavy atom. The highest BCUT2D eigenvalue weighted by atomic mass is 19.4. The van der Waals surface area contributed by atoms with Crippen molar-refractivity contribution < 1.29 is 22.4 Å². The van der Waals surface area contributed by atoms with Gasteiger partial charge in [-0.05, 0) is 74.0 Å². The van der Waals surface area contributed by atoms with Gasteiger partial charge in [-0.3, -0.25) is 4.79 Å². The highest BCUT2D eigenvalue weighted by molar-refractivity contribution is 6.03. The summed E-state index contributed by atoms with van der Waals surface area (Å²) in [5.41, 5.74) is 0.396. The molecule has 0 radical (unpaired) electrons. The Kier molecular flexibility index (Phi) is 9.30. The van der Waals surface area contributed by atoms with Crippen molar-refractivity contribution in [2.24, 2.45) is 17.8 Å². The zero-order valence-electron chi connectivity index (χ0n) is 23.6. The van der Waals surface area contributed by atoms with Gasteiger partial charge in [-0.15, -0.1) is 0 Å². The van der Waals surface area contributed by atoms with E-state index in [0.29, 0.717) is 29.9 Å². The molecule has 9 heteroatoms. The number of aromatic nitrogens is 2. The molecular weight excluding hydrogens is 529 g/mol. The van der Waals surface area contributed by atoms with E-state index in [1.165, 1.54) is 24.6 Å². The number of piperidine rings is 1. The Morgan fingerprint density at radius 1 is 1.00 bits per heavy atom. The number of carbonyl (C=O) groups is 1. The summed E-state index contributed by atoms with van der Waals surface area (Å²) in [5, 5.41) is 2.51. The monoisotopic (exact) mass is 568 g/mol. The fourth-order valence-corrected chi connectivity index (χ4v) is 6.27. The molecular formula is C32H39F3N4O2. The molecule has 2 aliphatic rings. The Bertz CT molecular complexity index is 1270. The predicted octanol–water partition coefficient (Wildman–Crippen LogP) is 7.95. The number of nitrogens with zero attached hydrogens (tertiary/aromatic N) is 3. The van der Waals surface area contributed by atoms with Crippen LogP contribution in [0.5, 0.6) is 0 Å². The summed E-state index contributed by atoms with van der Waals surface area (Å²) in [5.74, 6) is 0.720. The normalized spacial score (nSPS) is 20.2. The van der Waals surface area contributed by atoms with Crippen LogP contribution in [0.1, 0.15) is 86.0 Å². The van der Waals surface area contributed by atoms with Crippen molar-refractivity contribution in [2.45, 2.75) is 77.3 Å². The van der Waals surface area contributed by atoms with Gasteiger partial charge in [0.1, 0.15) is 5.82 Å². The van der Waals surface area contributed by atoms with E-state index in [9.17, 15) is 18.0 Å². The number of nitrogens with one attached hydrogen (secondary N) is 1. The minimum Gasteiger partial charge on any atom is -0.435 e. The molecule has 0 spiro atoms. The first-order valence-electron chi connectivity index (χ1n) is 14.9. The van der Waals surface area contributed by atoms with E-state index in [-0.39, 0.29) is 12.3 Å². The molecule has 1 aliphatic heterocycles. The predicted molar refractivity (Wildman–Crippen MR) is 153 cm³/mol. The SMILES string of the molecule is CC1CCCC(CCc2nc(C(F)(F)F)c(C(=O)Nc3ccc(N4CCC(CCc5ccccc5)CC4)nc3)o2)C1. The molecule has 1 saturated carbocycles. The molecule has 1 amide bonds. The molecule has 2 unspecified atom stereocenters. The average molecular weight is 569 g/mol. The van der Waals surface area contributed by atoms with E-state index in [1.807, 2.05) is 6.07 Å². The Morgan fingerprint density at radius 3 is 2.44 bits per heavy atom. The molecule has 220 valence electrons. The molecule has 3 aromatic rings. The minimum atomic E-state index is -4.79. The average Bonchev–Trinajstić information content (AvgIpc) is 3.42. The molecule has 1 N–H and O–H groups in total. The van der Waals surface area contributed by atoms with Crippen LogP contribution in [0.4, 0.5) is 24.7 Å². The quantitative estimate of drug-likeness (QED) is 0.284. The second-order valence-electron chi connectivity index (χ2n) is 11.8. The van der Waals surface area contributed by atoms with Crippen molar-refractivity contribution in [1.82, 2.24) is 9.97 Å². The summed E-state index contributed by atoms with van der Waals surface area (Å²) >= 11 is 0. The molecule has 1 aromatic carbocycles. The fourth-order valence-electron chi connectivity index (χ4n) is 6.27.